The number of hydrogen-bond donors (Lipinski definition) is 2. The molecule has 0 bridgehead atoms. The van der Waals surface area contributed by atoms with Gasteiger partial charge in [0.25, 0.3) is 0 Å². The second-order valence-electron chi connectivity index (χ2n) is 3.86. The molecule has 1 rings (SSSR count). The molecule has 0 fully saturated rings. The van der Waals surface area contributed by atoms with Gasteiger partial charge in [0.05, 0.1) is 5.56 Å². The molecule has 0 aliphatic heterocycles. The number of nitrogens with one attached hydrogen (secondary N) is 1. The quantitative estimate of drug-likeness (QED) is 0.804. The molecule has 1 aromatic carbocycles. The average molecular weight is 215 g/mol. The number of benzene rings is 1. The van der Waals surface area contributed by atoms with Gasteiger partial charge in [-0.2, -0.15) is 0 Å². The van der Waals surface area contributed by atoms with E-state index >= 15 is 0 Å². The number of halogens is 2. The fraction of sp³-hybridized carbons (Fsp3) is 0.455. The van der Waals surface area contributed by atoms with Crippen molar-refractivity contribution in [2.75, 3.05) is 13.6 Å². The highest BCUT2D eigenvalue weighted by Gasteiger charge is 2.30. The number of hydrogen-bond acceptors (Lipinski definition) is 2. The Labute approximate surface area is 87.9 Å². The van der Waals surface area contributed by atoms with Crippen molar-refractivity contribution in [3.05, 3.63) is 34.9 Å². The summed E-state index contributed by atoms with van der Waals surface area (Å²) in [5, 5.41) is 12.6. The summed E-state index contributed by atoms with van der Waals surface area (Å²) >= 11 is 0. The molecule has 0 radical (unpaired) electrons. The molecule has 4 heteroatoms. The van der Waals surface area contributed by atoms with E-state index < -0.39 is 17.2 Å². The van der Waals surface area contributed by atoms with Crippen molar-refractivity contribution in [1.82, 2.24) is 5.32 Å². The van der Waals surface area contributed by atoms with Crippen molar-refractivity contribution < 1.29 is 13.9 Å². The van der Waals surface area contributed by atoms with Crippen LogP contribution in [-0.2, 0) is 5.60 Å². The Kier molecular flexibility index (Phi) is 3.42. The molecule has 0 saturated carbocycles. The van der Waals surface area contributed by atoms with Gasteiger partial charge in [0.2, 0.25) is 0 Å². The fourth-order valence-corrected chi connectivity index (χ4v) is 1.58. The van der Waals surface area contributed by atoms with Gasteiger partial charge in [-0.15, -0.1) is 0 Å². The van der Waals surface area contributed by atoms with Crippen molar-refractivity contribution in [3.8, 4) is 0 Å². The van der Waals surface area contributed by atoms with Crippen LogP contribution in [0.1, 0.15) is 18.1 Å². The predicted molar refractivity (Wildman–Crippen MR) is 54.6 cm³/mol. The molecule has 2 N–H and O–H groups in total. The maximum atomic E-state index is 13.7. The highest BCUT2D eigenvalue weighted by Crippen LogP contribution is 2.27. The third-order valence-corrected chi connectivity index (χ3v) is 2.34. The van der Waals surface area contributed by atoms with Crippen LogP contribution in [0.4, 0.5) is 8.78 Å². The molecule has 0 aliphatic rings. The van der Waals surface area contributed by atoms with E-state index in [1.807, 2.05) is 0 Å². The number of rotatable bonds is 3. The van der Waals surface area contributed by atoms with Crippen LogP contribution in [0.25, 0.3) is 0 Å². The maximum Gasteiger partial charge on any atom is 0.135 e. The first-order valence-corrected chi connectivity index (χ1v) is 4.72. The Morgan fingerprint density at radius 3 is 2.53 bits per heavy atom. The molecule has 1 unspecified atom stereocenters. The van der Waals surface area contributed by atoms with Crippen molar-refractivity contribution in [3.63, 3.8) is 0 Å². The highest BCUT2D eigenvalue weighted by atomic mass is 19.1. The van der Waals surface area contributed by atoms with E-state index in [1.165, 1.54) is 19.9 Å². The topological polar surface area (TPSA) is 32.3 Å². The minimum atomic E-state index is -1.55. The van der Waals surface area contributed by atoms with Crippen LogP contribution in [0.2, 0.25) is 0 Å². The summed E-state index contributed by atoms with van der Waals surface area (Å²) in [6.45, 7) is 3.00. The average Bonchev–Trinajstić information content (AvgIpc) is 2.11. The standard InChI is InChI=1S/C11H15F2NO/c1-7-4-5-8(12)9(10(7)13)11(2,15)6-14-3/h4-5,14-15H,6H2,1-3H3. The Morgan fingerprint density at radius 2 is 2.00 bits per heavy atom. The lowest BCUT2D eigenvalue weighted by molar-refractivity contribution is 0.0512. The van der Waals surface area contributed by atoms with Crippen LogP contribution in [0.15, 0.2) is 12.1 Å². The molecular weight excluding hydrogens is 200 g/mol. The van der Waals surface area contributed by atoms with Crippen molar-refractivity contribution in [1.29, 1.82) is 0 Å². The van der Waals surface area contributed by atoms with Crippen LogP contribution in [0, 0.1) is 18.6 Å². The molecule has 0 heterocycles. The van der Waals surface area contributed by atoms with E-state index in [0.29, 0.717) is 5.56 Å². The minimum absolute atomic E-state index is 0.0876. The third kappa shape index (κ3) is 2.33. The fourth-order valence-electron chi connectivity index (χ4n) is 1.58. The first-order valence-electron chi connectivity index (χ1n) is 4.72. The SMILES string of the molecule is CNCC(C)(O)c1c(F)ccc(C)c1F. The van der Waals surface area contributed by atoms with Gasteiger partial charge < -0.3 is 10.4 Å². The van der Waals surface area contributed by atoms with E-state index in [2.05, 4.69) is 5.32 Å². The zero-order chi connectivity index (χ0) is 11.6. The molecule has 84 valence electrons. The van der Waals surface area contributed by atoms with Gasteiger partial charge in [-0.25, -0.2) is 8.78 Å². The summed E-state index contributed by atoms with van der Waals surface area (Å²) in [5.41, 5.74) is -1.51. The molecule has 0 aliphatic carbocycles. The highest BCUT2D eigenvalue weighted by molar-refractivity contribution is 5.31. The van der Waals surface area contributed by atoms with E-state index in [4.69, 9.17) is 0 Å². The second kappa shape index (κ2) is 4.24. The van der Waals surface area contributed by atoms with E-state index in [-0.39, 0.29) is 12.1 Å². The number of likely N-dealkylation sites (N-methyl/N-ethyl adjacent to an activating group) is 1. The van der Waals surface area contributed by atoms with Crippen LogP contribution >= 0.6 is 0 Å². The molecule has 0 aromatic heterocycles. The van der Waals surface area contributed by atoms with Crippen molar-refractivity contribution in [2.24, 2.45) is 0 Å². The monoisotopic (exact) mass is 215 g/mol. The Balaban J connectivity index is 3.29. The first kappa shape index (κ1) is 12.1. The maximum absolute atomic E-state index is 13.7. The van der Waals surface area contributed by atoms with Crippen LogP contribution in [-0.4, -0.2) is 18.7 Å². The van der Waals surface area contributed by atoms with E-state index in [9.17, 15) is 13.9 Å². The summed E-state index contributed by atoms with van der Waals surface area (Å²) in [4.78, 5) is 0. The van der Waals surface area contributed by atoms with Crippen LogP contribution in [0.5, 0.6) is 0 Å². The number of aryl methyl sites for hydroxylation is 1. The molecule has 0 saturated heterocycles. The smallest absolute Gasteiger partial charge is 0.135 e. The predicted octanol–water partition coefficient (Wildman–Crippen LogP) is 1.70. The lowest BCUT2D eigenvalue weighted by Crippen LogP contribution is -2.35. The summed E-state index contributed by atoms with van der Waals surface area (Å²) in [6.07, 6.45) is 0. The molecule has 1 atom stereocenters. The van der Waals surface area contributed by atoms with Gasteiger partial charge in [0.1, 0.15) is 17.2 Å². The van der Waals surface area contributed by atoms with Crippen LogP contribution < -0.4 is 5.32 Å². The zero-order valence-corrected chi connectivity index (χ0v) is 9.06. The Morgan fingerprint density at radius 1 is 1.40 bits per heavy atom. The number of aliphatic hydroxyl groups is 1. The minimum Gasteiger partial charge on any atom is -0.384 e. The van der Waals surface area contributed by atoms with E-state index in [1.54, 1.807) is 7.05 Å². The Bertz CT molecular complexity index is 364. The summed E-state index contributed by atoms with van der Waals surface area (Å²) in [7, 11) is 1.61. The lowest BCUT2D eigenvalue weighted by Gasteiger charge is -2.25. The van der Waals surface area contributed by atoms with Crippen LogP contribution in [0.3, 0.4) is 0 Å². The molecule has 2 nitrogen and oxygen atoms in total. The lowest BCUT2D eigenvalue weighted by atomic mass is 9.93. The van der Waals surface area contributed by atoms with Gasteiger partial charge >= 0.3 is 0 Å². The van der Waals surface area contributed by atoms with Gasteiger partial charge in [-0.05, 0) is 32.5 Å². The third-order valence-electron chi connectivity index (χ3n) is 2.34. The summed E-state index contributed by atoms with van der Waals surface area (Å²) in [5.74, 6) is -1.41. The normalized spacial score (nSPS) is 15.1. The summed E-state index contributed by atoms with van der Waals surface area (Å²) in [6, 6.07) is 2.52. The van der Waals surface area contributed by atoms with Gasteiger partial charge in [0, 0.05) is 6.54 Å². The van der Waals surface area contributed by atoms with Gasteiger partial charge in [-0.1, -0.05) is 6.07 Å². The van der Waals surface area contributed by atoms with Gasteiger partial charge in [0.15, 0.2) is 0 Å². The largest absolute Gasteiger partial charge is 0.384 e. The molecular formula is C11H15F2NO. The molecule has 1 aromatic rings. The van der Waals surface area contributed by atoms with Crippen molar-refractivity contribution in [2.45, 2.75) is 19.4 Å². The molecule has 15 heavy (non-hydrogen) atoms. The second-order valence-corrected chi connectivity index (χ2v) is 3.86. The first-order chi connectivity index (χ1) is 6.90. The Hall–Kier alpha value is -1.00. The van der Waals surface area contributed by atoms with Crippen molar-refractivity contribution >= 4 is 0 Å². The molecule has 0 spiro atoms. The molecule has 0 amide bonds. The zero-order valence-electron chi connectivity index (χ0n) is 9.06. The van der Waals surface area contributed by atoms with Gasteiger partial charge in [-0.3, -0.25) is 0 Å². The summed E-state index contributed by atoms with van der Waals surface area (Å²) < 4.78 is 27.1. The van der Waals surface area contributed by atoms with E-state index in [0.717, 1.165) is 6.07 Å².